The van der Waals surface area contributed by atoms with Crippen LogP contribution in [0.25, 0.3) is 11.1 Å². The van der Waals surface area contributed by atoms with Crippen molar-refractivity contribution in [2.75, 3.05) is 6.54 Å². The van der Waals surface area contributed by atoms with Gasteiger partial charge in [0.15, 0.2) is 0 Å². The number of hydrogen-bond acceptors (Lipinski definition) is 3. The number of aryl methyl sites for hydroxylation is 1. The Balaban J connectivity index is 1.76. The molecule has 0 radical (unpaired) electrons. The molecule has 1 fully saturated rings. The highest BCUT2D eigenvalue weighted by molar-refractivity contribution is 5.65. The number of H-pyrrole nitrogens is 1. The highest BCUT2D eigenvalue weighted by Gasteiger charge is 2.12. The summed E-state index contributed by atoms with van der Waals surface area (Å²) in [4.78, 5) is 14.1. The molecule has 4 nitrogen and oxygen atoms in total. The van der Waals surface area contributed by atoms with E-state index in [2.05, 4.69) is 16.4 Å². The summed E-state index contributed by atoms with van der Waals surface area (Å²) in [5, 5.41) is 13.5. The Bertz CT molecular complexity index is 687. The van der Waals surface area contributed by atoms with Crippen LogP contribution in [0.4, 0.5) is 0 Å². The van der Waals surface area contributed by atoms with Gasteiger partial charge in [0.25, 0.3) is 0 Å². The summed E-state index contributed by atoms with van der Waals surface area (Å²) in [6.45, 7) is 1.11. The zero-order valence-electron chi connectivity index (χ0n) is 12.6. The Morgan fingerprint density at radius 2 is 2.05 bits per heavy atom. The fourth-order valence-electron chi connectivity index (χ4n) is 3.12. The number of hydrogen-bond donors (Lipinski definition) is 3. The van der Waals surface area contributed by atoms with Crippen LogP contribution in [0.2, 0.25) is 0 Å². The van der Waals surface area contributed by atoms with Gasteiger partial charge in [0.05, 0.1) is 0 Å². The van der Waals surface area contributed by atoms with Crippen LogP contribution in [0, 0.1) is 0 Å². The van der Waals surface area contributed by atoms with Crippen molar-refractivity contribution in [1.82, 2.24) is 10.3 Å². The third-order valence-corrected chi connectivity index (χ3v) is 4.28. The molecule has 1 aromatic carbocycles. The monoisotopic (exact) mass is 298 g/mol. The minimum atomic E-state index is -0.131. The van der Waals surface area contributed by atoms with Gasteiger partial charge in [-0.3, -0.25) is 4.79 Å². The first kappa shape index (κ1) is 14.9. The van der Waals surface area contributed by atoms with Crippen molar-refractivity contribution in [3.63, 3.8) is 0 Å². The molecule has 0 aliphatic carbocycles. The molecule has 2 heterocycles. The Labute approximate surface area is 130 Å². The molecule has 3 N–H and O–H groups in total. The largest absolute Gasteiger partial charge is 0.508 e. The van der Waals surface area contributed by atoms with Crippen LogP contribution in [0.15, 0.2) is 41.3 Å². The van der Waals surface area contributed by atoms with E-state index in [1.54, 1.807) is 18.3 Å². The standard InChI is InChI=1S/C18H22N2O2/c21-17-10-13(4-5-16-3-1-2-7-19-16)9-15(11-17)14-6-8-20-18(22)12-14/h6,8-12,16,19,21H,1-5,7H2,(H,20,22)/t16-/m1/s1. The summed E-state index contributed by atoms with van der Waals surface area (Å²) in [5.41, 5.74) is 2.70. The van der Waals surface area contributed by atoms with Crippen LogP contribution in [0.3, 0.4) is 0 Å². The first-order valence-corrected chi connectivity index (χ1v) is 7.96. The number of aromatic hydroxyl groups is 1. The molecule has 1 aliphatic heterocycles. The summed E-state index contributed by atoms with van der Waals surface area (Å²) in [7, 11) is 0. The molecule has 1 saturated heterocycles. The summed E-state index contributed by atoms with van der Waals surface area (Å²) < 4.78 is 0. The first-order valence-electron chi connectivity index (χ1n) is 7.96. The van der Waals surface area contributed by atoms with Gasteiger partial charge >= 0.3 is 0 Å². The average molecular weight is 298 g/mol. The maximum Gasteiger partial charge on any atom is 0.248 e. The maximum absolute atomic E-state index is 11.4. The molecule has 116 valence electrons. The fourth-order valence-corrected chi connectivity index (χ4v) is 3.12. The molecule has 4 heteroatoms. The van der Waals surface area contributed by atoms with Crippen LogP contribution in [0.5, 0.6) is 5.75 Å². The molecule has 1 aromatic heterocycles. The molecule has 22 heavy (non-hydrogen) atoms. The number of phenolic OH excluding ortho intramolecular Hbond substituents is 1. The molecular weight excluding hydrogens is 276 g/mol. The van der Waals surface area contributed by atoms with Gasteiger partial charge in [-0.05, 0) is 67.1 Å². The highest BCUT2D eigenvalue weighted by atomic mass is 16.3. The summed E-state index contributed by atoms with van der Waals surface area (Å²) in [5.74, 6) is 0.254. The molecule has 0 spiro atoms. The zero-order chi connectivity index (χ0) is 15.4. The van der Waals surface area contributed by atoms with Crippen molar-refractivity contribution in [3.05, 3.63) is 52.4 Å². The zero-order valence-corrected chi connectivity index (χ0v) is 12.6. The molecular formula is C18H22N2O2. The predicted molar refractivity (Wildman–Crippen MR) is 88.1 cm³/mol. The van der Waals surface area contributed by atoms with E-state index in [0.29, 0.717) is 6.04 Å². The van der Waals surface area contributed by atoms with Crippen LogP contribution < -0.4 is 10.9 Å². The number of phenols is 1. The molecule has 0 bridgehead atoms. The second-order valence-electron chi connectivity index (χ2n) is 6.02. The van der Waals surface area contributed by atoms with E-state index < -0.39 is 0 Å². The van der Waals surface area contributed by atoms with E-state index in [9.17, 15) is 9.90 Å². The molecule has 2 aromatic rings. The van der Waals surface area contributed by atoms with Crippen molar-refractivity contribution in [2.45, 2.75) is 38.1 Å². The summed E-state index contributed by atoms with van der Waals surface area (Å²) >= 11 is 0. The van der Waals surface area contributed by atoms with E-state index in [1.165, 1.54) is 19.3 Å². The number of aromatic nitrogens is 1. The number of aromatic amines is 1. The minimum absolute atomic E-state index is 0.131. The lowest BCUT2D eigenvalue weighted by molar-refractivity contribution is 0.382. The molecule has 0 saturated carbocycles. The molecule has 1 aliphatic rings. The second-order valence-corrected chi connectivity index (χ2v) is 6.02. The van der Waals surface area contributed by atoms with Crippen LogP contribution in [-0.2, 0) is 6.42 Å². The van der Waals surface area contributed by atoms with Crippen LogP contribution in [0.1, 0.15) is 31.2 Å². The molecule has 3 rings (SSSR count). The highest BCUT2D eigenvalue weighted by Crippen LogP contribution is 2.25. The Morgan fingerprint density at radius 3 is 2.82 bits per heavy atom. The summed E-state index contributed by atoms with van der Waals surface area (Å²) in [6.07, 6.45) is 7.46. The minimum Gasteiger partial charge on any atom is -0.508 e. The normalized spacial score (nSPS) is 18.3. The second kappa shape index (κ2) is 6.79. The van der Waals surface area contributed by atoms with Gasteiger partial charge < -0.3 is 15.4 Å². The van der Waals surface area contributed by atoms with Gasteiger partial charge in [-0.1, -0.05) is 12.5 Å². The Hall–Kier alpha value is -2.07. The summed E-state index contributed by atoms with van der Waals surface area (Å²) in [6, 6.07) is 9.58. The van der Waals surface area contributed by atoms with Crippen molar-refractivity contribution >= 4 is 0 Å². The van der Waals surface area contributed by atoms with E-state index >= 15 is 0 Å². The van der Waals surface area contributed by atoms with Gasteiger partial charge in [0, 0.05) is 18.3 Å². The number of nitrogens with one attached hydrogen (secondary N) is 2. The smallest absolute Gasteiger partial charge is 0.248 e. The van der Waals surface area contributed by atoms with Gasteiger partial charge in [-0.15, -0.1) is 0 Å². The molecule has 0 amide bonds. The van der Waals surface area contributed by atoms with Gasteiger partial charge in [-0.2, -0.15) is 0 Å². The van der Waals surface area contributed by atoms with Gasteiger partial charge in [-0.25, -0.2) is 0 Å². The van der Waals surface area contributed by atoms with Gasteiger partial charge in [0.2, 0.25) is 5.56 Å². The number of piperidine rings is 1. The maximum atomic E-state index is 11.4. The van der Waals surface area contributed by atoms with Crippen LogP contribution in [-0.4, -0.2) is 22.7 Å². The predicted octanol–water partition coefficient (Wildman–Crippen LogP) is 2.82. The lowest BCUT2D eigenvalue weighted by atomic mass is 9.96. The number of benzene rings is 1. The Kier molecular flexibility index (Phi) is 4.59. The van der Waals surface area contributed by atoms with E-state index in [1.807, 2.05) is 12.1 Å². The average Bonchev–Trinajstić information content (AvgIpc) is 2.53. The van der Waals surface area contributed by atoms with Crippen molar-refractivity contribution in [2.24, 2.45) is 0 Å². The van der Waals surface area contributed by atoms with E-state index in [-0.39, 0.29) is 11.3 Å². The third kappa shape index (κ3) is 3.77. The van der Waals surface area contributed by atoms with E-state index in [4.69, 9.17) is 0 Å². The third-order valence-electron chi connectivity index (χ3n) is 4.28. The van der Waals surface area contributed by atoms with Crippen LogP contribution >= 0.6 is 0 Å². The topological polar surface area (TPSA) is 65.1 Å². The van der Waals surface area contributed by atoms with Gasteiger partial charge in [0.1, 0.15) is 5.75 Å². The number of rotatable bonds is 4. The Morgan fingerprint density at radius 1 is 1.14 bits per heavy atom. The van der Waals surface area contributed by atoms with Crippen molar-refractivity contribution < 1.29 is 5.11 Å². The molecule has 0 unspecified atom stereocenters. The fraction of sp³-hybridized carbons (Fsp3) is 0.389. The quantitative estimate of drug-likeness (QED) is 0.813. The lowest BCUT2D eigenvalue weighted by Crippen LogP contribution is -2.34. The SMILES string of the molecule is O=c1cc(-c2cc(O)cc(CC[C@H]3CCCCN3)c2)cc[nH]1. The van der Waals surface area contributed by atoms with E-state index in [0.717, 1.165) is 36.1 Å². The first-order chi connectivity index (χ1) is 10.7. The lowest BCUT2D eigenvalue weighted by Gasteiger charge is -2.23. The van der Waals surface area contributed by atoms with Crippen molar-refractivity contribution in [3.8, 4) is 16.9 Å². The molecule has 1 atom stereocenters. The number of pyridine rings is 1. The van der Waals surface area contributed by atoms with Crippen molar-refractivity contribution in [1.29, 1.82) is 0 Å².